The average molecular weight is 523 g/mol. The monoisotopic (exact) mass is 523 g/mol. The fourth-order valence-electron chi connectivity index (χ4n) is 3.14. The summed E-state index contributed by atoms with van der Waals surface area (Å²) in [4.78, 5) is 19.0. The number of guanidine groups is 1. The van der Waals surface area contributed by atoms with Crippen LogP contribution in [0.4, 0.5) is 10.1 Å². The lowest BCUT2D eigenvalue weighted by Crippen LogP contribution is -2.38. The highest BCUT2D eigenvalue weighted by atomic mass is 127. The highest BCUT2D eigenvalue weighted by Gasteiger charge is 2.06. The van der Waals surface area contributed by atoms with Gasteiger partial charge < -0.3 is 20.9 Å². The number of rotatable bonds is 7. The van der Waals surface area contributed by atoms with Crippen LogP contribution < -0.4 is 16.0 Å². The zero-order valence-corrected chi connectivity index (χ0v) is 19.4. The molecule has 0 aliphatic rings. The SMILES string of the molecule is CCNC(=NCc1cccc(NC(C)=O)c1)NCCc1c[nH]c2ccc(F)cc12.I. The molecule has 1 heterocycles. The summed E-state index contributed by atoms with van der Waals surface area (Å²) in [5.74, 6) is 0.379. The lowest BCUT2D eigenvalue weighted by Gasteiger charge is -2.11. The summed E-state index contributed by atoms with van der Waals surface area (Å²) in [6.07, 6.45) is 2.66. The van der Waals surface area contributed by atoms with Crippen molar-refractivity contribution in [1.29, 1.82) is 0 Å². The molecule has 2 aromatic carbocycles. The first-order valence-electron chi connectivity index (χ1n) is 9.69. The molecule has 30 heavy (non-hydrogen) atoms. The zero-order chi connectivity index (χ0) is 20.6. The van der Waals surface area contributed by atoms with Gasteiger partial charge >= 0.3 is 0 Å². The molecule has 0 radical (unpaired) electrons. The van der Waals surface area contributed by atoms with Crippen molar-refractivity contribution in [3.05, 3.63) is 65.6 Å². The van der Waals surface area contributed by atoms with Gasteiger partial charge in [-0.05, 0) is 54.8 Å². The molecule has 0 spiro atoms. The van der Waals surface area contributed by atoms with Crippen molar-refractivity contribution in [2.45, 2.75) is 26.8 Å². The van der Waals surface area contributed by atoms with Gasteiger partial charge in [0.05, 0.1) is 6.54 Å². The number of halogens is 2. The standard InChI is InChI=1S/C22H26FN5O.HI/c1-3-24-22(27-13-16-5-4-6-19(11-16)28-15(2)29)25-10-9-17-14-26-21-8-7-18(23)12-20(17)21;/h4-8,11-12,14,26H,3,9-10,13H2,1-2H3,(H,28,29)(H2,24,25,27);1H. The molecule has 0 fully saturated rings. The van der Waals surface area contributed by atoms with Crippen molar-refractivity contribution in [2.24, 2.45) is 4.99 Å². The quantitative estimate of drug-likeness (QED) is 0.213. The summed E-state index contributed by atoms with van der Waals surface area (Å²) >= 11 is 0. The summed E-state index contributed by atoms with van der Waals surface area (Å²) in [5, 5.41) is 10.2. The number of benzene rings is 2. The van der Waals surface area contributed by atoms with Crippen molar-refractivity contribution in [1.82, 2.24) is 15.6 Å². The van der Waals surface area contributed by atoms with Crippen LogP contribution in [-0.4, -0.2) is 29.9 Å². The Morgan fingerprint density at radius 1 is 1.17 bits per heavy atom. The summed E-state index contributed by atoms with van der Waals surface area (Å²) in [7, 11) is 0. The molecule has 6 nitrogen and oxygen atoms in total. The van der Waals surface area contributed by atoms with E-state index in [4.69, 9.17) is 0 Å². The highest BCUT2D eigenvalue weighted by molar-refractivity contribution is 14.0. The average Bonchev–Trinajstić information content (AvgIpc) is 3.08. The van der Waals surface area contributed by atoms with E-state index in [1.165, 1.54) is 13.0 Å². The van der Waals surface area contributed by atoms with E-state index in [9.17, 15) is 9.18 Å². The van der Waals surface area contributed by atoms with Gasteiger partial charge in [-0.15, -0.1) is 24.0 Å². The van der Waals surface area contributed by atoms with Gasteiger partial charge in [-0.1, -0.05) is 12.1 Å². The number of H-pyrrole nitrogens is 1. The Labute approximate surface area is 192 Å². The van der Waals surface area contributed by atoms with Crippen LogP contribution in [-0.2, 0) is 17.8 Å². The topological polar surface area (TPSA) is 81.3 Å². The van der Waals surface area contributed by atoms with Crippen LogP contribution in [0.1, 0.15) is 25.0 Å². The Bertz CT molecular complexity index is 1020. The second-order valence-corrected chi connectivity index (χ2v) is 6.76. The number of hydrogen-bond acceptors (Lipinski definition) is 2. The fourth-order valence-corrected chi connectivity index (χ4v) is 3.14. The molecule has 1 amide bonds. The molecule has 0 atom stereocenters. The number of aromatic nitrogens is 1. The number of fused-ring (bicyclic) bond motifs is 1. The van der Waals surface area contributed by atoms with E-state index in [-0.39, 0.29) is 35.7 Å². The minimum absolute atomic E-state index is 0. The molecule has 3 rings (SSSR count). The number of nitrogens with one attached hydrogen (secondary N) is 4. The maximum Gasteiger partial charge on any atom is 0.221 e. The van der Waals surface area contributed by atoms with E-state index in [0.717, 1.165) is 40.7 Å². The number of carbonyl (C=O) groups excluding carboxylic acids is 1. The number of anilines is 1. The van der Waals surface area contributed by atoms with Gasteiger partial charge in [0, 0.05) is 42.8 Å². The smallest absolute Gasteiger partial charge is 0.221 e. The predicted octanol–water partition coefficient (Wildman–Crippen LogP) is 4.18. The second kappa shape index (κ2) is 11.5. The molecule has 4 N–H and O–H groups in total. The summed E-state index contributed by atoms with van der Waals surface area (Å²) in [5.41, 5.74) is 3.75. The molecule has 1 aromatic heterocycles. The summed E-state index contributed by atoms with van der Waals surface area (Å²) < 4.78 is 13.5. The molecule has 0 bridgehead atoms. The van der Waals surface area contributed by atoms with Crippen molar-refractivity contribution in [2.75, 3.05) is 18.4 Å². The Hall–Kier alpha value is -2.62. The van der Waals surface area contributed by atoms with Gasteiger partial charge in [-0.3, -0.25) is 4.79 Å². The lowest BCUT2D eigenvalue weighted by atomic mass is 10.1. The van der Waals surface area contributed by atoms with E-state index >= 15 is 0 Å². The summed E-state index contributed by atoms with van der Waals surface area (Å²) in [6, 6.07) is 12.4. The molecule has 0 saturated carbocycles. The second-order valence-electron chi connectivity index (χ2n) is 6.76. The van der Waals surface area contributed by atoms with Gasteiger partial charge in [0.1, 0.15) is 5.82 Å². The third-order valence-corrected chi connectivity index (χ3v) is 4.43. The third-order valence-electron chi connectivity index (χ3n) is 4.43. The van der Waals surface area contributed by atoms with Crippen LogP contribution in [0.2, 0.25) is 0 Å². The minimum atomic E-state index is -0.234. The largest absolute Gasteiger partial charge is 0.361 e. The van der Waals surface area contributed by atoms with Gasteiger partial charge in [0.15, 0.2) is 5.96 Å². The van der Waals surface area contributed by atoms with E-state index in [0.29, 0.717) is 19.0 Å². The maximum atomic E-state index is 13.5. The van der Waals surface area contributed by atoms with Crippen LogP contribution >= 0.6 is 24.0 Å². The van der Waals surface area contributed by atoms with Crippen molar-refractivity contribution >= 4 is 52.4 Å². The molecule has 0 unspecified atom stereocenters. The van der Waals surface area contributed by atoms with Gasteiger partial charge in [-0.2, -0.15) is 0 Å². The first-order valence-corrected chi connectivity index (χ1v) is 9.69. The molecule has 3 aromatic rings. The predicted molar refractivity (Wildman–Crippen MR) is 131 cm³/mol. The van der Waals surface area contributed by atoms with Crippen LogP contribution in [0.5, 0.6) is 0 Å². The Kier molecular flexibility index (Phi) is 9.10. The number of aliphatic imine (C=N–C) groups is 1. The molecular formula is C22H27FIN5O. The first-order chi connectivity index (χ1) is 14.0. The molecule has 8 heteroatoms. The number of hydrogen-bond donors (Lipinski definition) is 4. The Morgan fingerprint density at radius 2 is 2.00 bits per heavy atom. The number of carbonyl (C=O) groups is 1. The van der Waals surface area contributed by atoms with Crippen molar-refractivity contribution < 1.29 is 9.18 Å². The lowest BCUT2D eigenvalue weighted by molar-refractivity contribution is -0.114. The highest BCUT2D eigenvalue weighted by Crippen LogP contribution is 2.19. The van der Waals surface area contributed by atoms with E-state index in [1.807, 2.05) is 37.4 Å². The molecule has 0 aliphatic carbocycles. The van der Waals surface area contributed by atoms with Gasteiger partial charge in [0.2, 0.25) is 5.91 Å². The number of amides is 1. The molecule has 0 aliphatic heterocycles. The first kappa shape index (κ1) is 23.7. The van der Waals surface area contributed by atoms with Crippen LogP contribution in [0.3, 0.4) is 0 Å². The maximum absolute atomic E-state index is 13.5. The van der Waals surface area contributed by atoms with E-state index in [2.05, 4.69) is 25.9 Å². The van der Waals surface area contributed by atoms with Crippen LogP contribution in [0, 0.1) is 5.82 Å². The summed E-state index contributed by atoms with van der Waals surface area (Å²) in [6.45, 7) is 5.40. The molecular weight excluding hydrogens is 496 g/mol. The zero-order valence-electron chi connectivity index (χ0n) is 17.1. The van der Waals surface area contributed by atoms with Gasteiger partial charge in [0.25, 0.3) is 0 Å². The van der Waals surface area contributed by atoms with E-state index in [1.54, 1.807) is 12.1 Å². The molecule has 160 valence electrons. The Morgan fingerprint density at radius 3 is 2.77 bits per heavy atom. The fraction of sp³-hybridized carbons (Fsp3) is 0.273. The minimum Gasteiger partial charge on any atom is -0.361 e. The Balaban J connectivity index is 0.00000320. The number of nitrogens with zero attached hydrogens (tertiary/aromatic N) is 1. The van der Waals surface area contributed by atoms with Crippen molar-refractivity contribution in [3.8, 4) is 0 Å². The van der Waals surface area contributed by atoms with Crippen molar-refractivity contribution in [3.63, 3.8) is 0 Å². The van der Waals surface area contributed by atoms with E-state index < -0.39 is 0 Å². The number of aromatic amines is 1. The van der Waals surface area contributed by atoms with Crippen LogP contribution in [0.15, 0.2) is 53.7 Å². The van der Waals surface area contributed by atoms with Crippen LogP contribution in [0.25, 0.3) is 10.9 Å². The third kappa shape index (κ3) is 6.72. The molecule has 0 saturated heterocycles. The van der Waals surface area contributed by atoms with Gasteiger partial charge in [-0.25, -0.2) is 9.38 Å². The normalized spacial score (nSPS) is 11.1.